The van der Waals surface area contributed by atoms with E-state index in [9.17, 15) is 0 Å². The summed E-state index contributed by atoms with van der Waals surface area (Å²) in [4.78, 5) is 0. The van der Waals surface area contributed by atoms with Crippen LogP contribution in [0.25, 0.3) is 10.6 Å². The van der Waals surface area contributed by atoms with Crippen LogP contribution in [0.15, 0.2) is 22.7 Å². The van der Waals surface area contributed by atoms with Gasteiger partial charge in [0, 0.05) is 15.1 Å². The number of benzene rings is 1. The predicted molar refractivity (Wildman–Crippen MR) is 75.5 cm³/mol. The summed E-state index contributed by atoms with van der Waals surface area (Å²) in [5, 5.41) is 14.1. The molecule has 1 heterocycles. The maximum Gasteiger partial charge on any atom is 0.148 e. The molecule has 1 aromatic heterocycles. The lowest BCUT2D eigenvalue weighted by Crippen LogP contribution is -2.11. The van der Waals surface area contributed by atoms with Crippen molar-refractivity contribution in [2.24, 2.45) is 0 Å². The molecule has 0 aliphatic carbocycles. The fourth-order valence-corrected chi connectivity index (χ4v) is 3.25. The van der Waals surface area contributed by atoms with E-state index in [2.05, 4.69) is 38.4 Å². The third-order valence-corrected chi connectivity index (χ3v) is 4.44. The largest absolute Gasteiger partial charge is 0.311 e. The summed E-state index contributed by atoms with van der Waals surface area (Å²) >= 11 is 11.0. The highest BCUT2D eigenvalue weighted by Gasteiger charge is 2.13. The lowest BCUT2D eigenvalue weighted by molar-refractivity contribution is 0.640. The molecule has 0 aliphatic rings. The van der Waals surface area contributed by atoms with Crippen LogP contribution >= 0.6 is 38.9 Å². The smallest absolute Gasteiger partial charge is 0.148 e. The summed E-state index contributed by atoms with van der Waals surface area (Å²) in [7, 11) is 1.91. The van der Waals surface area contributed by atoms with E-state index in [4.69, 9.17) is 11.6 Å². The van der Waals surface area contributed by atoms with Gasteiger partial charge >= 0.3 is 0 Å². The summed E-state index contributed by atoms with van der Waals surface area (Å²) in [5.74, 6) is 0. The highest BCUT2D eigenvalue weighted by atomic mass is 79.9. The van der Waals surface area contributed by atoms with Gasteiger partial charge in [-0.3, -0.25) is 0 Å². The zero-order chi connectivity index (χ0) is 12.4. The summed E-state index contributed by atoms with van der Waals surface area (Å²) in [5.41, 5.74) is 1.02. The zero-order valence-electron chi connectivity index (χ0n) is 9.37. The summed E-state index contributed by atoms with van der Waals surface area (Å²) in [6.07, 6.45) is 0. The van der Waals surface area contributed by atoms with E-state index in [1.165, 1.54) is 0 Å². The minimum atomic E-state index is 0.215. The van der Waals surface area contributed by atoms with Crippen LogP contribution in [0, 0.1) is 0 Å². The van der Waals surface area contributed by atoms with E-state index in [1.807, 2.05) is 25.2 Å². The van der Waals surface area contributed by atoms with Crippen molar-refractivity contribution in [1.29, 1.82) is 0 Å². The quantitative estimate of drug-likeness (QED) is 0.926. The number of halogens is 2. The van der Waals surface area contributed by atoms with Crippen LogP contribution in [0.2, 0.25) is 5.02 Å². The monoisotopic (exact) mass is 331 g/mol. The van der Waals surface area contributed by atoms with E-state index in [0.29, 0.717) is 5.02 Å². The molecule has 1 N–H and O–H groups in total. The number of nitrogens with one attached hydrogen (secondary N) is 1. The van der Waals surface area contributed by atoms with Crippen molar-refractivity contribution in [3.05, 3.63) is 32.7 Å². The first-order valence-electron chi connectivity index (χ1n) is 5.08. The van der Waals surface area contributed by atoms with Crippen LogP contribution in [-0.2, 0) is 0 Å². The van der Waals surface area contributed by atoms with Crippen LogP contribution < -0.4 is 5.32 Å². The van der Waals surface area contributed by atoms with Gasteiger partial charge in [0.05, 0.1) is 6.04 Å². The Morgan fingerprint density at radius 1 is 1.41 bits per heavy atom. The van der Waals surface area contributed by atoms with E-state index < -0.39 is 0 Å². The standard InChI is InChI=1S/C11H11BrClN3S/c1-6(14-2)10-15-16-11(17-10)8-4-3-7(13)5-9(8)12/h3-6,14H,1-2H3. The van der Waals surface area contributed by atoms with Crippen molar-refractivity contribution in [2.45, 2.75) is 13.0 Å². The third-order valence-electron chi connectivity index (χ3n) is 2.41. The first-order chi connectivity index (χ1) is 8.11. The fourth-order valence-electron chi connectivity index (χ4n) is 1.30. The molecule has 1 aromatic carbocycles. The van der Waals surface area contributed by atoms with Crippen molar-refractivity contribution in [1.82, 2.24) is 15.5 Å². The Morgan fingerprint density at radius 3 is 2.82 bits per heavy atom. The molecule has 2 rings (SSSR count). The topological polar surface area (TPSA) is 37.8 Å². The molecule has 90 valence electrons. The zero-order valence-corrected chi connectivity index (χ0v) is 12.5. The molecular weight excluding hydrogens is 322 g/mol. The van der Waals surface area contributed by atoms with Gasteiger partial charge in [-0.25, -0.2) is 0 Å². The summed E-state index contributed by atoms with van der Waals surface area (Å²) in [6.45, 7) is 2.06. The van der Waals surface area contributed by atoms with E-state index in [0.717, 1.165) is 20.1 Å². The average Bonchev–Trinajstić information content (AvgIpc) is 2.77. The number of hydrogen-bond donors (Lipinski definition) is 1. The molecule has 17 heavy (non-hydrogen) atoms. The van der Waals surface area contributed by atoms with Crippen molar-refractivity contribution in [3.63, 3.8) is 0 Å². The Labute approximate surface area is 117 Å². The molecule has 0 bridgehead atoms. The van der Waals surface area contributed by atoms with Gasteiger partial charge in [0.25, 0.3) is 0 Å². The fraction of sp³-hybridized carbons (Fsp3) is 0.273. The molecule has 3 nitrogen and oxygen atoms in total. The van der Waals surface area contributed by atoms with Crippen molar-refractivity contribution >= 4 is 38.9 Å². The van der Waals surface area contributed by atoms with Gasteiger partial charge in [0.2, 0.25) is 0 Å². The van der Waals surface area contributed by atoms with Crippen molar-refractivity contribution in [3.8, 4) is 10.6 Å². The highest BCUT2D eigenvalue weighted by molar-refractivity contribution is 9.10. The molecule has 0 spiro atoms. The van der Waals surface area contributed by atoms with Crippen molar-refractivity contribution in [2.75, 3.05) is 7.05 Å². The second-order valence-electron chi connectivity index (χ2n) is 3.58. The number of hydrogen-bond acceptors (Lipinski definition) is 4. The van der Waals surface area contributed by atoms with Crippen LogP contribution in [0.5, 0.6) is 0 Å². The SMILES string of the molecule is CNC(C)c1nnc(-c2ccc(Cl)cc2Br)s1. The minimum Gasteiger partial charge on any atom is -0.311 e. The molecule has 0 radical (unpaired) electrons. The van der Waals surface area contributed by atoms with Gasteiger partial charge in [0.15, 0.2) is 0 Å². The van der Waals surface area contributed by atoms with Gasteiger partial charge in [-0.2, -0.15) is 0 Å². The van der Waals surface area contributed by atoms with Crippen LogP contribution in [-0.4, -0.2) is 17.2 Å². The maximum atomic E-state index is 5.91. The normalized spacial score (nSPS) is 12.7. The van der Waals surface area contributed by atoms with E-state index in [-0.39, 0.29) is 6.04 Å². The molecule has 0 aliphatic heterocycles. The third kappa shape index (κ3) is 2.85. The predicted octanol–water partition coefficient (Wildman–Crippen LogP) is 3.90. The second kappa shape index (κ2) is 5.44. The highest BCUT2D eigenvalue weighted by Crippen LogP contribution is 2.33. The Morgan fingerprint density at radius 2 is 2.18 bits per heavy atom. The summed E-state index contributed by atoms with van der Waals surface area (Å²) < 4.78 is 0.935. The van der Waals surface area contributed by atoms with Crippen LogP contribution in [0.1, 0.15) is 18.0 Å². The van der Waals surface area contributed by atoms with Gasteiger partial charge in [-0.1, -0.05) is 38.9 Å². The Hall–Kier alpha value is -0.490. The number of rotatable bonds is 3. The molecule has 1 unspecified atom stereocenters. The Balaban J connectivity index is 2.37. The molecule has 1 atom stereocenters. The Kier molecular flexibility index (Phi) is 4.14. The number of aromatic nitrogens is 2. The minimum absolute atomic E-state index is 0.215. The van der Waals surface area contributed by atoms with Crippen LogP contribution in [0.3, 0.4) is 0 Å². The Bertz CT molecular complexity index is 529. The van der Waals surface area contributed by atoms with E-state index in [1.54, 1.807) is 11.3 Å². The van der Waals surface area contributed by atoms with Gasteiger partial charge < -0.3 is 5.32 Å². The molecule has 2 aromatic rings. The lowest BCUT2D eigenvalue weighted by Gasteiger charge is -2.03. The maximum absolute atomic E-state index is 5.91. The number of nitrogens with zero attached hydrogens (tertiary/aromatic N) is 2. The molecule has 0 saturated carbocycles. The van der Waals surface area contributed by atoms with Gasteiger partial charge in [-0.15, -0.1) is 10.2 Å². The van der Waals surface area contributed by atoms with Gasteiger partial charge in [-0.05, 0) is 32.2 Å². The summed E-state index contributed by atoms with van der Waals surface area (Å²) in [6, 6.07) is 5.87. The van der Waals surface area contributed by atoms with E-state index >= 15 is 0 Å². The first-order valence-corrected chi connectivity index (χ1v) is 7.06. The molecule has 0 amide bonds. The second-order valence-corrected chi connectivity index (χ2v) is 5.88. The average molecular weight is 333 g/mol. The molecule has 0 saturated heterocycles. The van der Waals surface area contributed by atoms with Gasteiger partial charge in [0.1, 0.15) is 10.0 Å². The first kappa shape index (κ1) is 13.0. The van der Waals surface area contributed by atoms with Crippen molar-refractivity contribution < 1.29 is 0 Å². The molecule has 0 fully saturated rings. The molecular formula is C11H11BrClN3S. The van der Waals surface area contributed by atoms with Crippen LogP contribution in [0.4, 0.5) is 0 Å². The lowest BCUT2D eigenvalue weighted by atomic mass is 10.2. The molecule has 6 heteroatoms.